The van der Waals surface area contributed by atoms with Crippen LogP contribution < -0.4 is 10.6 Å². The van der Waals surface area contributed by atoms with Crippen molar-refractivity contribution in [1.82, 2.24) is 24.8 Å². The van der Waals surface area contributed by atoms with E-state index in [-0.39, 0.29) is 6.03 Å². The molecule has 0 aliphatic heterocycles. The summed E-state index contributed by atoms with van der Waals surface area (Å²) in [6.45, 7) is 4.03. The molecule has 7 nitrogen and oxygen atoms in total. The zero-order valence-corrected chi connectivity index (χ0v) is 19.1. The summed E-state index contributed by atoms with van der Waals surface area (Å²) in [4.78, 5) is 25.3. The highest BCUT2D eigenvalue weighted by molar-refractivity contribution is 6.30. The van der Waals surface area contributed by atoms with Crippen molar-refractivity contribution < 1.29 is 4.79 Å². The lowest BCUT2D eigenvalue weighted by molar-refractivity contribution is 0.254. The number of carbonyl (C=O) groups excluding carboxylic acids is 1. The number of urea groups is 1. The van der Waals surface area contributed by atoms with Gasteiger partial charge >= 0.3 is 6.03 Å². The number of aryl methyl sites for hydroxylation is 2. The minimum atomic E-state index is -0.310. The van der Waals surface area contributed by atoms with Crippen LogP contribution in [-0.2, 0) is 0 Å². The van der Waals surface area contributed by atoms with E-state index < -0.39 is 0 Å². The number of rotatable bonds is 3. The summed E-state index contributed by atoms with van der Waals surface area (Å²) in [5.41, 5.74) is 6.73. The maximum atomic E-state index is 11.5. The summed E-state index contributed by atoms with van der Waals surface area (Å²) >= 11 is 6.20. The van der Waals surface area contributed by atoms with E-state index >= 15 is 0 Å². The van der Waals surface area contributed by atoms with Gasteiger partial charge in [0.1, 0.15) is 17.2 Å². The number of amides is 2. The molecule has 0 fully saturated rings. The van der Waals surface area contributed by atoms with E-state index in [4.69, 9.17) is 16.6 Å². The van der Waals surface area contributed by atoms with E-state index in [1.54, 1.807) is 19.3 Å². The Bertz CT molecular complexity index is 1520. The Morgan fingerprint density at radius 3 is 2.48 bits per heavy atom. The first-order chi connectivity index (χ1) is 15.9. The van der Waals surface area contributed by atoms with Gasteiger partial charge in [0.15, 0.2) is 0 Å². The number of aromatic nitrogens is 4. The van der Waals surface area contributed by atoms with E-state index in [0.29, 0.717) is 10.8 Å². The Hall–Kier alpha value is -3.97. The lowest BCUT2D eigenvalue weighted by Gasteiger charge is -2.13. The number of nitrogens with one attached hydrogen (secondary N) is 2. The second-order valence-electron chi connectivity index (χ2n) is 7.79. The molecule has 0 unspecified atom stereocenters. The molecule has 33 heavy (non-hydrogen) atoms. The number of anilines is 1. The number of imidazole rings is 1. The first-order valence-electron chi connectivity index (χ1n) is 10.4. The normalized spacial score (nSPS) is 11.2. The SMILES string of the molecule is CNC(=O)Nc1ccc(-c2ccc3ncc4nc(C)n(-c5ccc(Cl)cc5C)c4c3c2)cn1. The number of pyridine rings is 2. The average Bonchev–Trinajstić information content (AvgIpc) is 3.15. The zero-order chi connectivity index (χ0) is 23.1. The molecule has 0 aliphatic rings. The van der Waals surface area contributed by atoms with Crippen LogP contribution in [0.4, 0.5) is 10.6 Å². The van der Waals surface area contributed by atoms with Gasteiger partial charge in [-0.05, 0) is 67.4 Å². The smallest absolute Gasteiger partial charge is 0.320 e. The first kappa shape index (κ1) is 20.9. The Morgan fingerprint density at radius 2 is 1.76 bits per heavy atom. The molecule has 2 aromatic carbocycles. The Labute approximate surface area is 195 Å². The lowest BCUT2D eigenvalue weighted by atomic mass is 10.0. The first-order valence-corrected chi connectivity index (χ1v) is 10.8. The second-order valence-corrected chi connectivity index (χ2v) is 8.22. The van der Waals surface area contributed by atoms with Crippen LogP contribution in [0.1, 0.15) is 11.4 Å². The van der Waals surface area contributed by atoms with Gasteiger partial charge in [-0.3, -0.25) is 14.9 Å². The van der Waals surface area contributed by atoms with E-state index in [1.165, 1.54) is 0 Å². The fourth-order valence-corrected chi connectivity index (χ4v) is 4.26. The van der Waals surface area contributed by atoms with Gasteiger partial charge in [-0.1, -0.05) is 17.7 Å². The molecule has 0 saturated carbocycles. The molecule has 164 valence electrons. The van der Waals surface area contributed by atoms with E-state index in [2.05, 4.69) is 31.2 Å². The highest BCUT2D eigenvalue weighted by Gasteiger charge is 2.16. The average molecular weight is 457 g/mol. The van der Waals surface area contributed by atoms with Gasteiger partial charge in [0.25, 0.3) is 0 Å². The van der Waals surface area contributed by atoms with Gasteiger partial charge < -0.3 is 5.32 Å². The predicted molar refractivity (Wildman–Crippen MR) is 132 cm³/mol. The Balaban J connectivity index is 1.67. The summed E-state index contributed by atoms with van der Waals surface area (Å²) in [7, 11) is 1.56. The van der Waals surface area contributed by atoms with Crippen LogP contribution in [0.5, 0.6) is 0 Å². The minimum Gasteiger partial charge on any atom is -0.341 e. The van der Waals surface area contributed by atoms with Crippen molar-refractivity contribution in [2.24, 2.45) is 0 Å². The lowest BCUT2D eigenvalue weighted by Crippen LogP contribution is -2.24. The van der Waals surface area contributed by atoms with Crippen LogP contribution in [0.2, 0.25) is 5.02 Å². The third kappa shape index (κ3) is 3.76. The molecule has 0 atom stereocenters. The molecule has 2 amide bonds. The highest BCUT2D eigenvalue weighted by atomic mass is 35.5. The molecular weight excluding hydrogens is 436 g/mol. The topological polar surface area (TPSA) is 84.7 Å². The quantitative estimate of drug-likeness (QED) is 0.367. The molecule has 0 saturated heterocycles. The third-order valence-electron chi connectivity index (χ3n) is 5.61. The van der Waals surface area contributed by atoms with Gasteiger partial charge in [0.2, 0.25) is 0 Å². The number of carbonyl (C=O) groups is 1. The van der Waals surface area contributed by atoms with Gasteiger partial charge in [0, 0.05) is 29.2 Å². The molecule has 2 N–H and O–H groups in total. The number of fused-ring (bicyclic) bond motifs is 3. The van der Waals surface area contributed by atoms with Crippen LogP contribution in [-0.4, -0.2) is 32.6 Å². The molecule has 0 bridgehead atoms. The molecule has 5 rings (SSSR count). The number of benzene rings is 2. The Kier molecular flexibility index (Phi) is 5.18. The molecule has 8 heteroatoms. The maximum absolute atomic E-state index is 11.5. The van der Waals surface area contributed by atoms with Crippen molar-refractivity contribution in [1.29, 1.82) is 0 Å². The van der Waals surface area contributed by atoms with Crippen LogP contribution in [0.25, 0.3) is 38.8 Å². The fourth-order valence-electron chi connectivity index (χ4n) is 4.03. The molecule has 0 aliphatic carbocycles. The highest BCUT2D eigenvalue weighted by Crippen LogP contribution is 2.32. The minimum absolute atomic E-state index is 0.310. The van der Waals surface area contributed by atoms with Crippen molar-refractivity contribution in [2.75, 3.05) is 12.4 Å². The second kappa shape index (κ2) is 8.18. The van der Waals surface area contributed by atoms with Crippen LogP contribution in [0.3, 0.4) is 0 Å². The number of halogens is 1. The van der Waals surface area contributed by atoms with E-state index in [9.17, 15) is 4.79 Å². The maximum Gasteiger partial charge on any atom is 0.320 e. The van der Waals surface area contributed by atoms with E-state index in [0.717, 1.165) is 50.1 Å². The molecule has 3 heterocycles. The molecular formula is C25H21ClN6O. The molecule has 0 spiro atoms. The zero-order valence-electron chi connectivity index (χ0n) is 18.3. The van der Waals surface area contributed by atoms with Crippen LogP contribution in [0.15, 0.2) is 60.9 Å². The number of hydrogen-bond donors (Lipinski definition) is 2. The third-order valence-corrected chi connectivity index (χ3v) is 5.85. The summed E-state index contributed by atoms with van der Waals surface area (Å²) in [6.07, 6.45) is 3.55. The predicted octanol–water partition coefficient (Wildman–Crippen LogP) is 5.66. The van der Waals surface area contributed by atoms with Crippen LogP contribution in [0, 0.1) is 13.8 Å². The van der Waals surface area contributed by atoms with Gasteiger partial charge in [-0.25, -0.2) is 14.8 Å². The van der Waals surface area contributed by atoms with Crippen molar-refractivity contribution in [3.63, 3.8) is 0 Å². The van der Waals surface area contributed by atoms with E-state index in [1.807, 2.05) is 56.4 Å². The Morgan fingerprint density at radius 1 is 0.939 bits per heavy atom. The van der Waals surface area contributed by atoms with Crippen molar-refractivity contribution in [3.05, 3.63) is 77.3 Å². The van der Waals surface area contributed by atoms with Gasteiger partial charge in [-0.15, -0.1) is 0 Å². The van der Waals surface area contributed by atoms with Gasteiger partial charge in [-0.2, -0.15) is 0 Å². The summed E-state index contributed by atoms with van der Waals surface area (Å²) in [5, 5.41) is 6.88. The largest absolute Gasteiger partial charge is 0.341 e. The standard InChI is InChI=1S/C25H21ClN6O/c1-14-10-18(26)6-8-22(14)32-15(2)30-21-13-28-20-7-4-16(11-19(20)24(21)32)17-5-9-23(29-12-17)31-25(33)27-3/h4-13H,1-3H3,(H2,27,29,31,33). The van der Waals surface area contributed by atoms with Crippen molar-refractivity contribution in [3.8, 4) is 16.8 Å². The summed E-state index contributed by atoms with van der Waals surface area (Å²) in [6, 6.07) is 15.4. The molecule has 0 radical (unpaired) electrons. The summed E-state index contributed by atoms with van der Waals surface area (Å²) in [5.74, 6) is 1.36. The van der Waals surface area contributed by atoms with Crippen LogP contribution >= 0.6 is 11.6 Å². The monoisotopic (exact) mass is 456 g/mol. The summed E-state index contributed by atoms with van der Waals surface area (Å²) < 4.78 is 2.16. The number of nitrogens with zero attached hydrogens (tertiary/aromatic N) is 4. The van der Waals surface area contributed by atoms with Crippen molar-refractivity contribution in [2.45, 2.75) is 13.8 Å². The molecule has 5 aromatic rings. The molecule has 3 aromatic heterocycles. The van der Waals surface area contributed by atoms with Gasteiger partial charge in [0.05, 0.1) is 22.9 Å². The fraction of sp³-hybridized carbons (Fsp3) is 0.120. The van der Waals surface area contributed by atoms with Crippen molar-refractivity contribution >= 4 is 45.4 Å². The number of hydrogen-bond acceptors (Lipinski definition) is 4.